The molecule has 0 saturated heterocycles. The molecule has 0 aromatic rings. The summed E-state index contributed by atoms with van der Waals surface area (Å²) in [7, 11) is 0. The first-order valence-corrected chi connectivity index (χ1v) is 5.32. The Hall–Kier alpha value is -0.530. The molecule has 0 aliphatic heterocycles. The lowest BCUT2D eigenvalue weighted by Gasteiger charge is -2.22. The van der Waals surface area contributed by atoms with Gasteiger partial charge in [0.25, 0.3) is 0 Å². The topological polar surface area (TPSA) is 43.1 Å². The van der Waals surface area contributed by atoms with Gasteiger partial charge in [-0.25, -0.2) is 0 Å². The molecule has 13 heavy (non-hydrogen) atoms. The molecule has 0 heterocycles. The van der Waals surface area contributed by atoms with Crippen LogP contribution >= 0.6 is 0 Å². The molecule has 2 nitrogen and oxygen atoms in total. The van der Waals surface area contributed by atoms with E-state index in [4.69, 9.17) is 5.73 Å². The van der Waals surface area contributed by atoms with Crippen LogP contribution in [0.3, 0.4) is 0 Å². The molecule has 0 fully saturated rings. The van der Waals surface area contributed by atoms with E-state index in [0.717, 1.165) is 12.8 Å². The molecular weight excluding hydrogens is 162 g/mol. The summed E-state index contributed by atoms with van der Waals surface area (Å²) in [5, 5.41) is 0. The average Bonchev–Trinajstić information content (AvgIpc) is 2.04. The van der Waals surface area contributed by atoms with Crippen molar-refractivity contribution in [1.29, 1.82) is 0 Å². The number of carbonyl (C=O) groups is 1. The van der Waals surface area contributed by atoms with Crippen LogP contribution in [0.5, 0.6) is 0 Å². The minimum absolute atomic E-state index is 0.0639. The Kier molecular flexibility index (Phi) is 5.76. The Morgan fingerprint density at radius 1 is 1.23 bits per heavy atom. The molecule has 78 valence electrons. The van der Waals surface area contributed by atoms with Gasteiger partial charge in [0.1, 0.15) is 0 Å². The van der Waals surface area contributed by atoms with Crippen molar-refractivity contribution in [3.8, 4) is 0 Å². The van der Waals surface area contributed by atoms with Crippen LogP contribution in [0.4, 0.5) is 0 Å². The van der Waals surface area contributed by atoms with E-state index >= 15 is 0 Å². The highest BCUT2D eigenvalue weighted by Gasteiger charge is 2.21. The quantitative estimate of drug-likeness (QED) is 0.679. The second kappa shape index (κ2) is 6.01. The van der Waals surface area contributed by atoms with Crippen molar-refractivity contribution in [2.45, 2.75) is 47.0 Å². The van der Waals surface area contributed by atoms with Gasteiger partial charge in [0.05, 0.1) is 0 Å². The second-order valence-electron chi connectivity index (χ2n) is 4.14. The Balaban J connectivity index is 4.05. The van der Waals surface area contributed by atoms with Crippen molar-refractivity contribution >= 4 is 5.91 Å². The Morgan fingerprint density at radius 2 is 1.77 bits per heavy atom. The maximum absolute atomic E-state index is 11.1. The second-order valence-corrected chi connectivity index (χ2v) is 4.14. The molecule has 0 rings (SSSR count). The van der Waals surface area contributed by atoms with Crippen LogP contribution in [0, 0.1) is 17.8 Å². The van der Waals surface area contributed by atoms with Crippen LogP contribution in [0.2, 0.25) is 0 Å². The molecular formula is C11H23NO. The van der Waals surface area contributed by atoms with Gasteiger partial charge >= 0.3 is 0 Å². The lowest BCUT2D eigenvalue weighted by molar-refractivity contribution is -0.123. The normalized spacial score (nSPS) is 17.8. The van der Waals surface area contributed by atoms with Crippen molar-refractivity contribution in [2.24, 2.45) is 23.5 Å². The van der Waals surface area contributed by atoms with Crippen LogP contribution in [0.25, 0.3) is 0 Å². The summed E-state index contributed by atoms with van der Waals surface area (Å²) in [6.07, 6.45) is 3.16. The number of hydrogen-bond acceptors (Lipinski definition) is 1. The Labute approximate surface area is 81.9 Å². The molecule has 2 unspecified atom stereocenters. The van der Waals surface area contributed by atoms with Crippen molar-refractivity contribution in [3.05, 3.63) is 0 Å². The summed E-state index contributed by atoms with van der Waals surface area (Å²) < 4.78 is 0. The zero-order valence-corrected chi connectivity index (χ0v) is 9.34. The zero-order valence-electron chi connectivity index (χ0n) is 9.34. The molecule has 2 heteroatoms. The minimum Gasteiger partial charge on any atom is -0.369 e. The zero-order chi connectivity index (χ0) is 10.4. The third-order valence-electron chi connectivity index (χ3n) is 2.96. The van der Waals surface area contributed by atoms with E-state index in [1.54, 1.807) is 0 Å². The van der Waals surface area contributed by atoms with Crippen LogP contribution in [-0.2, 0) is 4.79 Å². The molecule has 0 radical (unpaired) electrons. The summed E-state index contributed by atoms with van der Waals surface area (Å²) >= 11 is 0. The van der Waals surface area contributed by atoms with Crippen LogP contribution in [-0.4, -0.2) is 5.91 Å². The third kappa shape index (κ3) is 4.30. The van der Waals surface area contributed by atoms with Crippen molar-refractivity contribution in [2.75, 3.05) is 0 Å². The summed E-state index contributed by atoms with van der Waals surface area (Å²) in [5.74, 6) is 1.05. The minimum atomic E-state index is -0.140. The molecule has 0 bridgehead atoms. The van der Waals surface area contributed by atoms with Crippen molar-refractivity contribution in [1.82, 2.24) is 0 Å². The lowest BCUT2D eigenvalue weighted by atomic mass is 9.84. The van der Waals surface area contributed by atoms with E-state index in [0.29, 0.717) is 11.8 Å². The number of rotatable bonds is 6. The van der Waals surface area contributed by atoms with Gasteiger partial charge in [-0.3, -0.25) is 4.79 Å². The van der Waals surface area contributed by atoms with Crippen molar-refractivity contribution < 1.29 is 4.79 Å². The standard InChI is InChI=1S/C11H23NO/c1-5-8(3)7-9(4)10(6-2)11(12)13/h8-10H,5-7H2,1-4H3,(H2,12,13)/t8?,9?,10-/m0/s1. The van der Waals surface area contributed by atoms with E-state index < -0.39 is 0 Å². The highest BCUT2D eigenvalue weighted by atomic mass is 16.1. The fourth-order valence-corrected chi connectivity index (χ4v) is 1.85. The number of amides is 1. The highest BCUT2D eigenvalue weighted by molar-refractivity contribution is 5.76. The molecule has 3 atom stereocenters. The van der Waals surface area contributed by atoms with Crippen LogP contribution < -0.4 is 5.73 Å². The van der Waals surface area contributed by atoms with Crippen LogP contribution in [0.15, 0.2) is 0 Å². The number of hydrogen-bond donors (Lipinski definition) is 1. The summed E-state index contributed by atoms with van der Waals surface area (Å²) in [6.45, 7) is 8.57. The van der Waals surface area contributed by atoms with Gasteiger partial charge in [0.15, 0.2) is 0 Å². The summed E-state index contributed by atoms with van der Waals surface area (Å²) in [4.78, 5) is 11.1. The average molecular weight is 185 g/mol. The fourth-order valence-electron chi connectivity index (χ4n) is 1.85. The molecule has 0 spiro atoms. The fraction of sp³-hybridized carbons (Fsp3) is 0.909. The van der Waals surface area contributed by atoms with Gasteiger partial charge in [-0.15, -0.1) is 0 Å². The predicted molar refractivity (Wildman–Crippen MR) is 56.2 cm³/mol. The molecule has 0 aromatic heterocycles. The Bertz CT molecular complexity index is 156. The number of primary amides is 1. The Morgan fingerprint density at radius 3 is 2.08 bits per heavy atom. The van der Waals surface area contributed by atoms with E-state index in [2.05, 4.69) is 20.8 Å². The first kappa shape index (κ1) is 12.5. The molecule has 0 saturated carbocycles. The first-order valence-electron chi connectivity index (χ1n) is 5.32. The third-order valence-corrected chi connectivity index (χ3v) is 2.96. The van der Waals surface area contributed by atoms with Gasteiger partial charge in [-0.05, 0) is 24.7 Å². The van der Waals surface area contributed by atoms with Crippen LogP contribution in [0.1, 0.15) is 47.0 Å². The summed E-state index contributed by atoms with van der Waals surface area (Å²) in [6, 6.07) is 0. The van der Waals surface area contributed by atoms with Gasteiger partial charge in [0.2, 0.25) is 5.91 Å². The molecule has 0 aliphatic rings. The van der Waals surface area contributed by atoms with E-state index in [1.807, 2.05) is 6.92 Å². The highest BCUT2D eigenvalue weighted by Crippen LogP contribution is 2.23. The number of carbonyl (C=O) groups excluding carboxylic acids is 1. The SMILES string of the molecule is CCC(C)CC(C)[C@H](CC)C(N)=O. The lowest BCUT2D eigenvalue weighted by Crippen LogP contribution is -2.29. The van der Waals surface area contributed by atoms with E-state index in [-0.39, 0.29) is 11.8 Å². The monoisotopic (exact) mass is 185 g/mol. The maximum atomic E-state index is 11.1. The molecule has 2 N–H and O–H groups in total. The molecule has 1 amide bonds. The van der Waals surface area contributed by atoms with E-state index in [1.165, 1.54) is 6.42 Å². The van der Waals surface area contributed by atoms with Gasteiger partial charge in [-0.1, -0.05) is 34.1 Å². The molecule has 0 aromatic carbocycles. The molecule has 0 aliphatic carbocycles. The van der Waals surface area contributed by atoms with Gasteiger partial charge in [0, 0.05) is 5.92 Å². The predicted octanol–water partition coefficient (Wildman–Crippen LogP) is 2.57. The van der Waals surface area contributed by atoms with Gasteiger partial charge < -0.3 is 5.73 Å². The van der Waals surface area contributed by atoms with E-state index in [9.17, 15) is 4.79 Å². The number of nitrogens with two attached hydrogens (primary N) is 1. The maximum Gasteiger partial charge on any atom is 0.220 e. The van der Waals surface area contributed by atoms with Gasteiger partial charge in [-0.2, -0.15) is 0 Å². The summed E-state index contributed by atoms with van der Waals surface area (Å²) in [5.41, 5.74) is 5.33. The smallest absolute Gasteiger partial charge is 0.220 e. The largest absolute Gasteiger partial charge is 0.369 e. The van der Waals surface area contributed by atoms with Crippen molar-refractivity contribution in [3.63, 3.8) is 0 Å². The first-order chi connectivity index (χ1) is 6.02.